The zero-order valence-electron chi connectivity index (χ0n) is 18.1. The maximum Gasteiger partial charge on any atom is 0.243 e. The second-order valence-electron chi connectivity index (χ2n) is 7.45. The molecule has 1 aliphatic heterocycles. The molecular formula is C22H28BrN3O5. The van der Waals surface area contributed by atoms with E-state index in [9.17, 15) is 5.11 Å². The Morgan fingerprint density at radius 1 is 0.968 bits per heavy atom. The molecule has 1 N–H and O–H groups in total. The molecule has 0 unspecified atom stereocenters. The molecule has 3 atom stereocenters. The molecule has 1 saturated carbocycles. The van der Waals surface area contributed by atoms with E-state index in [0.29, 0.717) is 41.9 Å². The minimum absolute atomic E-state index is 0. The van der Waals surface area contributed by atoms with Crippen molar-refractivity contribution in [3.8, 4) is 23.3 Å². The summed E-state index contributed by atoms with van der Waals surface area (Å²) < 4.78 is 22.2. The summed E-state index contributed by atoms with van der Waals surface area (Å²) in [5, 5.41) is 18.5. The van der Waals surface area contributed by atoms with E-state index in [-0.39, 0.29) is 35.0 Å². The number of aliphatic hydroxyl groups excluding tert-OH is 1. The van der Waals surface area contributed by atoms with Gasteiger partial charge < -0.3 is 24.1 Å². The van der Waals surface area contributed by atoms with Crippen LogP contribution >= 0.6 is 17.0 Å². The summed E-state index contributed by atoms with van der Waals surface area (Å²) in [6.45, 7) is 2.48. The highest BCUT2D eigenvalue weighted by atomic mass is 79.9. The fraction of sp³-hybridized carbons (Fsp3) is 0.500. The maximum atomic E-state index is 10.3. The third kappa shape index (κ3) is 4.34. The highest BCUT2D eigenvalue weighted by Gasteiger charge is 2.38. The van der Waals surface area contributed by atoms with Gasteiger partial charge in [0.1, 0.15) is 0 Å². The molecule has 9 heteroatoms. The third-order valence-electron chi connectivity index (χ3n) is 5.77. The van der Waals surface area contributed by atoms with Crippen LogP contribution in [0.5, 0.6) is 23.3 Å². The Bertz CT molecular complexity index is 968. The van der Waals surface area contributed by atoms with E-state index in [1.807, 2.05) is 19.1 Å². The van der Waals surface area contributed by atoms with Gasteiger partial charge in [-0.3, -0.25) is 4.99 Å². The topological polar surface area (TPSA) is 95.3 Å². The number of aliphatic hydroxyl groups is 1. The standard InChI is InChI=1S/C22H27N3O5.BrH/c1-5-30-19-9-13-14-8-12(26)6-7-17(14)23-21(15(13)10-18(19)27-2)16-11-20(28-3)24-25-22(16)29-4;/h9-12,14,17,26H,5-8H2,1-4H3;1H/t12-,14-,17-;/m1./s1. The second kappa shape index (κ2) is 9.82. The summed E-state index contributed by atoms with van der Waals surface area (Å²) in [5.74, 6) is 2.19. The van der Waals surface area contributed by atoms with Crippen molar-refractivity contribution < 1.29 is 24.1 Å². The van der Waals surface area contributed by atoms with Gasteiger partial charge in [-0.2, -0.15) is 0 Å². The van der Waals surface area contributed by atoms with Crippen LogP contribution in [0.1, 0.15) is 48.8 Å². The molecule has 1 aromatic carbocycles. The first-order chi connectivity index (χ1) is 14.6. The van der Waals surface area contributed by atoms with Crippen LogP contribution in [0.4, 0.5) is 0 Å². The molecule has 4 rings (SSSR count). The average Bonchev–Trinajstić information content (AvgIpc) is 2.78. The van der Waals surface area contributed by atoms with Crippen molar-refractivity contribution in [1.29, 1.82) is 0 Å². The Morgan fingerprint density at radius 3 is 2.45 bits per heavy atom. The van der Waals surface area contributed by atoms with Gasteiger partial charge in [0.25, 0.3) is 0 Å². The minimum atomic E-state index is -0.328. The van der Waals surface area contributed by atoms with Crippen molar-refractivity contribution in [2.75, 3.05) is 27.9 Å². The first-order valence-electron chi connectivity index (χ1n) is 10.2. The molecule has 0 bridgehead atoms. The van der Waals surface area contributed by atoms with Crippen molar-refractivity contribution >= 4 is 22.7 Å². The summed E-state index contributed by atoms with van der Waals surface area (Å²) in [4.78, 5) is 5.09. The number of aromatic nitrogens is 2. The molecule has 168 valence electrons. The van der Waals surface area contributed by atoms with E-state index in [1.54, 1.807) is 27.4 Å². The van der Waals surface area contributed by atoms with Gasteiger partial charge in [-0.15, -0.1) is 27.2 Å². The lowest BCUT2D eigenvalue weighted by atomic mass is 9.74. The van der Waals surface area contributed by atoms with Crippen molar-refractivity contribution in [2.45, 2.75) is 44.2 Å². The van der Waals surface area contributed by atoms with Crippen LogP contribution in [0.2, 0.25) is 0 Å². The molecule has 2 heterocycles. The third-order valence-corrected chi connectivity index (χ3v) is 5.77. The summed E-state index contributed by atoms with van der Waals surface area (Å²) in [5.41, 5.74) is 3.47. The Morgan fingerprint density at radius 2 is 1.77 bits per heavy atom. The normalized spacial score (nSPS) is 21.7. The highest BCUT2D eigenvalue weighted by molar-refractivity contribution is 8.93. The van der Waals surface area contributed by atoms with Crippen molar-refractivity contribution in [3.05, 3.63) is 34.9 Å². The first-order valence-corrected chi connectivity index (χ1v) is 10.2. The molecule has 31 heavy (non-hydrogen) atoms. The number of hydrogen-bond acceptors (Lipinski definition) is 8. The SMILES string of the molecule is Br.CCOc1cc2c(cc1OC)C(c1cc(OC)nnc1OC)=N[C@@H]1CC[C@@H](O)C[C@H]21. The lowest BCUT2D eigenvalue weighted by molar-refractivity contribution is 0.111. The van der Waals surface area contributed by atoms with Crippen molar-refractivity contribution in [3.63, 3.8) is 0 Å². The summed E-state index contributed by atoms with van der Waals surface area (Å²) in [7, 11) is 4.73. The Kier molecular flexibility index (Phi) is 7.38. The van der Waals surface area contributed by atoms with Gasteiger partial charge in [0.05, 0.1) is 51.4 Å². The zero-order valence-corrected chi connectivity index (χ0v) is 19.8. The summed E-state index contributed by atoms with van der Waals surface area (Å²) in [6, 6.07) is 5.82. The fourth-order valence-corrected chi connectivity index (χ4v) is 4.37. The van der Waals surface area contributed by atoms with Gasteiger partial charge in [0.2, 0.25) is 11.8 Å². The van der Waals surface area contributed by atoms with Crippen LogP contribution < -0.4 is 18.9 Å². The zero-order chi connectivity index (χ0) is 21.3. The van der Waals surface area contributed by atoms with E-state index in [1.165, 1.54) is 0 Å². The van der Waals surface area contributed by atoms with Gasteiger partial charge in [-0.05, 0) is 43.9 Å². The van der Waals surface area contributed by atoms with E-state index < -0.39 is 0 Å². The van der Waals surface area contributed by atoms with Crippen LogP contribution in [-0.4, -0.2) is 61.1 Å². The van der Waals surface area contributed by atoms with Crippen molar-refractivity contribution in [2.24, 2.45) is 4.99 Å². The number of halogens is 1. The predicted octanol–water partition coefficient (Wildman–Crippen LogP) is 3.33. The number of rotatable bonds is 6. The number of ether oxygens (including phenoxy) is 4. The molecule has 0 radical (unpaired) electrons. The van der Waals surface area contributed by atoms with E-state index in [4.69, 9.17) is 23.9 Å². The van der Waals surface area contributed by atoms with E-state index >= 15 is 0 Å². The van der Waals surface area contributed by atoms with Crippen LogP contribution in [0, 0.1) is 0 Å². The van der Waals surface area contributed by atoms with Gasteiger partial charge in [-0.1, -0.05) is 0 Å². The average molecular weight is 494 g/mol. The molecule has 1 fully saturated rings. The summed E-state index contributed by atoms with van der Waals surface area (Å²) >= 11 is 0. The first kappa shape index (κ1) is 23.3. The van der Waals surface area contributed by atoms with E-state index in [2.05, 4.69) is 10.2 Å². The molecule has 1 aromatic heterocycles. The summed E-state index contributed by atoms with van der Waals surface area (Å²) in [6.07, 6.45) is 1.88. The monoisotopic (exact) mass is 493 g/mol. The molecule has 8 nitrogen and oxygen atoms in total. The van der Waals surface area contributed by atoms with Crippen molar-refractivity contribution in [1.82, 2.24) is 10.2 Å². The number of nitrogens with zero attached hydrogens (tertiary/aromatic N) is 3. The quantitative estimate of drug-likeness (QED) is 0.658. The van der Waals surface area contributed by atoms with Gasteiger partial charge in [0.15, 0.2) is 11.5 Å². The smallest absolute Gasteiger partial charge is 0.243 e. The number of methoxy groups -OCH3 is 3. The molecule has 1 aliphatic carbocycles. The van der Waals surface area contributed by atoms with Gasteiger partial charge >= 0.3 is 0 Å². The molecular weight excluding hydrogens is 466 g/mol. The van der Waals surface area contributed by atoms with Crippen LogP contribution in [0.3, 0.4) is 0 Å². The number of aliphatic imine (C=N–C) groups is 1. The number of hydrogen-bond donors (Lipinski definition) is 1. The van der Waals surface area contributed by atoms with Gasteiger partial charge in [-0.25, -0.2) is 0 Å². The molecule has 0 saturated heterocycles. The molecule has 2 aromatic rings. The Hall–Kier alpha value is -2.39. The molecule has 0 spiro atoms. The Labute approximate surface area is 192 Å². The lowest BCUT2D eigenvalue weighted by Crippen LogP contribution is -2.34. The minimum Gasteiger partial charge on any atom is -0.493 e. The maximum absolute atomic E-state index is 10.3. The van der Waals surface area contributed by atoms with E-state index in [0.717, 1.165) is 29.7 Å². The van der Waals surface area contributed by atoms with Crippen LogP contribution in [-0.2, 0) is 0 Å². The molecule has 0 amide bonds. The molecule has 2 aliphatic rings. The largest absolute Gasteiger partial charge is 0.493 e. The number of fused-ring (bicyclic) bond motifs is 3. The highest BCUT2D eigenvalue weighted by Crippen LogP contribution is 2.45. The van der Waals surface area contributed by atoms with Crippen LogP contribution in [0.25, 0.3) is 0 Å². The second-order valence-corrected chi connectivity index (χ2v) is 7.45. The predicted molar refractivity (Wildman–Crippen MR) is 122 cm³/mol. The number of benzene rings is 1. The Balaban J connectivity index is 0.00000272. The van der Waals surface area contributed by atoms with Gasteiger partial charge in [0, 0.05) is 17.5 Å². The van der Waals surface area contributed by atoms with Crippen LogP contribution in [0.15, 0.2) is 23.2 Å². The lowest BCUT2D eigenvalue weighted by Gasteiger charge is -2.37. The fourth-order valence-electron chi connectivity index (χ4n) is 4.37.